The third kappa shape index (κ3) is 9.51. The van der Waals surface area contributed by atoms with Crippen LogP contribution in [0.15, 0.2) is 24.3 Å². The van der Waals surface area contributed by atoms with Crippen molar-refractivity contribution in [2.45, 2.75) is 95.5 Å². The van der Waals surface area contributed by atoms with E-state index in [0.717, 1.165) is 19.3 Å². The van der Waals surface area contributed by atoms with Gasteiger partial charge in [-0.2, -0.15) is 0 Å². The zero-order valence-corrected chi connectivity index (χ0v) is 16.3. The van der Waals surface area contributed by atoms with E-state index < -0.39 is 12.2 Å². The number of aliphatic hydroxyl groups is 2. The van der Waals surface area contributed by atoms with Gasteiger partial charge in [0.25, 0.3) is 0 Å². The SMILES string of the molecule is CCCCCC=CC[C@H]1O[C@H](C(O)CC=CCCCC(=O)OC)CC1O. The molecule has 0 bridgehead atoms. The van der Waals surface area contributed by atoms with Gasteiger partial charge in [-0.3, -0.25) is 4.79 Å². The Bertz CT molecular complexity index is 432. The van der Waals surface area contributed by atoms with Crippen LogP contribution in [0.25, 0.3) is 0 Å². The van der Waals surface area contributed by atoms with E-state index in [1.165, 1.54) is 26.4 Å². The van der Waals surface area contributed by atoms with Crippen LogP contribution in [-0.2, 0) is 14.3 Å². The number of ether oxygens (including phenoxy) is 2. The van der Waals surface area contributed by atoms with Crippen molar-refractivity contribution in [3.05, 3.63) is 24.3 Å². The summed E-state index contributed by atoms with van der Waals surface area (Å²) >= 11 is 0. The van der Waals surface area contributed by atoms with Gasteiger partial charge in [0.15, 0.2) is 0 Å². The van der Waals surface area contributed by atoms with E-state index in [4.69, 9.17) is 4.74 Å². The number of unbranched alkanes of at least 4 members (excludes halogenated alkanes) is 4. The molecule has 1 rings (SSSR count). The first-order valence-electron chi connectivity index (χ1n) is 9.96. The lowest BCUT2D eigenvalue weighted by Gasteiger charge is -2.17. The van der Waals surface area contributed by atoms with Crippen molar-refractivity contribution < 1.29 is 24.5 Å². The van der Waals surface area contributed by atoms with E-state index in [-0.39, 0.29) is 18.2 Å². The first-order chi connectivity index (χ1) is 12.6. The highest BCUT2D eigenvalue weighted by Crippen LogP contribution is 2.26. The van der Waals surface area contributed by atoms with Gasteiger partial charge in [-0.15, -0.1) is 0 Å². The van der Waals surface area contributed by atoms with E-state index in [2.05, 4.69) is 23.8 Å². The molecule has 0 spiro atoms. The quantitative estimate of drug-likeness (QED) is 0.295. The van der Waals surface area contributed by atoms with Crippen LogP contribution in [0.1, 0.15) is 71.1 Å². The molecule has 2 unspecified atom stereocenters. The van der Waals surface area contributed by atoms with Crippen LogP contribution in [-0.4, -0.2) is 47.7 Å². The number of rotatable bonds is 13. The lowest BCUT2D eigenvalue weighted by atomic mass is 10.0. The number of aliphatic hydroxyl groups excluding tert-OH is 2. The Morgan fingerprint density at radius 1 is 1.19 bits per heavy atom. The minimum absolute atomic E-state index is 0.197. The molecule has 5 nitrogen and oxygen atoms in total. The third-order valence-corrected chi connectivity index (χ3v) is 4.71. The number of hydrogen-bond acceptors (Lipinski definition) is 5. The van der Waals surface area contributed by atoms with Crippen LogP contribution < -0.4 is 0 Å². The van der Waals surface area contributed by atoms with Gasteiger partial charge >= 0.3 is 5.97 Å². The lowest BCUT2D eigenvalue weighted by Crippen LogP contribution is -2.25. The maximum atomic E-state index is 11.0. The Balaban J connectivity index is 2.20. The van der Waals surface area contributed by atoms with Crippen molar-refractivity contribution in [2.75, 3.05) is 7.11 Å². The summed E-state index contributed by atoms with van der Waals surface area (Å²) in [5.74, 6) is -0.197. The molecule has 5 heteroatoms. The van der Waals surface area contributed by atoms with Gasteiger partial charge in [0.2, 0.25) is 0 Å². The fraction of sp³-hybridized carbons (Fsp3) is 0.762. The predicted octanol–water partition coefficient (Wildman–Crippen LogP) is 3.68. The molecule has 1 fully saturated rings. The maximum Gasteiger partial charge on any atom is 0.305 e. The second-order valence-corrected chi connectivity index (χ2v) is 6.96. The standard InChI is InChI=1S/C21H36O5/c1-3-4-5-6-7-11-14-19-18(23)16-20(26-19)17(22)13-10-8-9-12-15-21(24)25-2/h7-8,10-11,17-20,22-23H,3-6,9,12-16H2,1-2H3/t17?,18?,19-,20+/m1/s1. The number of methoxy groups -OCH3 is 1. The number of esters is 1. The largest absolute Gasteiger partial charge is 0.469 e. The molecule has 4 atom stereocenters. The van der Waals surface area contributed by atoms with Crippen molar-refractivity contribution in [1.29, 1.82) is 0 Å². The highest BCUT2D eigenvalue weighted by molar-refractivity contribution is 5.69. The predicted molar refractivity (Wildman–Crippen MR) is 103 cm³/mol. The van der Waals surface area contributed by atoms with Gasteiger partial charge in [0, 0.05) is 12.8 Å². The van der Waals surface area contributed by atoms with Crippen LogP contribution in [0.2, 0.25) is 0 Å². The third-order valence-electron chi connectivity index (χ3n) is 4.71. The molecule has 0 amide bonds. The van der Waals surface area contributed by atoms with E-state index in [9.17, 15) is 15.0 Å². The van der Waals surface area contributed by atoms with Crippen molar-refractivity contribution in [2.24, 2.45) is 0 Å². The maximum absolute atomic E-state index is 11.0. The molecule has 0 saturated carbocycles. The van der Waals surface area contributed by atoms with E-state index in [0.29, 0.717) is 25.7 Å². The van der Waals surface area contributed by atoms with Gasteiger partial charge in [0.05, 0.1) is 31.5 Å². The average Bonchev–Trinajstić information content (AvgIpc) is 3.01. The fourth-order valence-corrected chi connectivity index (χ4v) is 3.05. The Morgan fingerprint density at radius 3 is 2.65 bits per heavy atom. The summed E-state index contributed by atoms with van der Waals surface area (Å²) in [6.45, 7) is 2.19. The molecule has 26 heavy (non-hydrogen) atoms. The number of carbonyl (C=O) groups is 1. The second kappa shape index (κ2) is 14.0. The van der Waals surface area contributed by atoms with Crippen LogP contribution in [0.5, 0.6) is 0 Å². The summed E-state index contributed by atoms with van der Waals surface area (Å²) in [5.41, 5.74) is 0. The molecule has 1 saturated heterocycles. The topological polar surface area (TPSA) is 76.0 Å². The molecule has 0 aliphatic carbocycles. The highest BCUT2D eigenvalue weighted by Gasteiger charge is 2.36. The second-order valence-electron chi connectivity index (χ2n) is 6.96. The van der Waals surface area contributed by atoms with Gasteiger partial charge in [-0.1, -0.05) is 44.1 Å². The molecular weight excluding hydrogens is 332 g/mol. The summed E-state index contributed by atoms with van der Waals surface area (Å²) in [6.07, 6.45) is 14.8. The van der Waals surface area contributed by atoms with Gasteiger partial charge in [-0.05, 0) is 38.5 Å². The van der Waals surface area contributed by atoms with E-state index in [1.54, 1.807) is 0 Å². The summed E-state index contributed by atoms with van der Waals surface area (Å²) in [7, 11) is 1.39. The minimum Gasteiger partial charge on any atom is -0.469 e. The van der Waals surface area contributed by atoms with Gasteiger partial charge in [0.1, 0.15) is 0 Å². The number of allylic oxidation sites excluding steroid dienone is 2. The van der Waals surface area contributed by atoms with Crippen LogP contribution in [0.4, 0.5) is 0 Å². The molecule has 1 aliphatic rings. The smallest absolute Gasteiger partial charge is 0.305 e. The Labute approximate surface area is 158 Å². The molecule has 0 aromatic carbocycles. The highest BCUT2D eigenvalue weighted by atomic mass is 16.5. The van der Waals surface area contributed by atoms with Crippen molar-refractivity contribution in [3.63, 3.8) is 0 Å². The minimum atomic E-state index is -0.611. The zero-order valence-electron chi connectivity index (χ0n) is 16.3. The summed E-state index contributed by atoms with van der Waals surface area (Å²) in [6, 6.07) is 0. The first kappa shape index (κ1) is 22.9. The Kier molecular flexibility index (Phi) is 12.3. The molecule has 0 aromatic heterocycles. The molecular formula is C21H36O5. The summed E-state index contributed by atoms with van der Waals surface area (Å²) < 4.78 is 10.4. The molecule has 1 aliphatic heterocycles. The molecule has 1 heterocycles. The number of hydrogen-bond donors (Lipinski definition) is 2. The summed E-state index contributed by atoms with van der Waals surface area (Å²) in [4.78, 5) is 11.0. The summed E-state index contributed by atoms with van der Waals surface area (Å²) in [5, 5.41) is 20.4. The number of carbonyl (C=O) groups excluding carboxylic acids is 1. The Hall–Kier alpha value is -1.17. The van der Waals surface area contributed by atoms with E-state index in [1.807, 2.05) is 12.2 Å². The monoisotopic (exact) mass is 368 g/mol. The first-order valence-corrected chi connectivity index (χ1v) is 9.96. The Morgan fingerprint density at radius 2 is 1.92 bits per heavy atom. The zero-order chi connectivity index (χ0) is 19.2. The average molecular weight is 369 g/mol. The van der Waals surface area contributed by atoms with Crippen molar-refractivity contribution in [3.8, 4) is 0 Å². The normalized spacial score (nSPS) is 24.5. The molecule has 0 radical (unpaired) electrons. The molecule has 2 N–H and O–H groups in total. The van der Waals surface area contributed by atoms with Crippen molar-refractivity contribution >= 4 is 5.97 Å². The van der Waals surface area contributed by atoms with Crippen molar-refractivity contribution in [1.82, 2.24) is 0 Å². The fourth-order valence-electron chi connectivity index (χ4n) is 3.05. The molecule has 150 valence electrons. The van der Waals surface area contributed by atoms with Crippen LogP contribution >= 0.6 is 0 Å². The van der Waals surface area contributed by atoms with Crippen LogP contribution in [0, 0.1) is 0 Å². The molecule has 0 aromatic rings. The van der Waals surface area contributed by atoms with E-state index >= 15 is 0 Å². The van der Waals surface area contributed by atoms with Crippen LogP contribution in [0.3, 0.4) is 0 Å². The van der Waals surface area contributed by atoms with Gasteiger partial charge < -0.3 is 19.7 Å². The van der Waals surface area contributed by atoms with Gasteiger partial charge in [-0.25, -0.2) is 0 Å². The lowest BCUT2D eigenvalue weighted by molar-refractivity contribution is -0.140.